The molecule has 0 aliphatic rings. The molecule has 4 aromatic rings. The van der Waals surface area contributed by atoms with E-state index in [0.29, 0.717) is 0 Å². The van der Waals surface area contributed by atoms with Crippen molar-refractivity contribution in [2.75, 3.05) is 0 Å². The molecule has 26 heavy (non-hydrogen) atoms. The Morgan fingerprint density at radius 2 is 0.846 bits per heavy atom. The van der Waals surface area contributed by atoms with Crippen molar-refractivity contribution in [2.24, 2.45) is 0 Å². The van der Waals surface area contributed by atoms with E-state index in [0.717, 1.165) is 11.6 Å². The second-order valence-electron chi connectivity index (χ2n) is 4.94. The highest BCUT2D eigenvalue weighted by Crippen LogP contribution is 1.92. The van der Waals surface area contributed by atoms with Gasteiger partial charge in [-0.25, -0.2) is 9.13 Å². The first-order valence-electron chi connectivity index (χ1n) is 7.69. The predicted molar refractivity (Wildman–Crippen MR) is 91.5 cm³/mol. The number of nitrogens with zero attached hydrogens (tertiary/aromatic N) is 4. The van der Waals surface area contributed by atoms with Crippen LogP contribution in [0.3, 0.4) is 0 Å². The van der Waals surface area contributed by atoms with Crippen LogP contribution in [0, 0.1) is 0 Å². The third-order valence-corrected chi connectivity index (χ3v) is 3.26. The lowest BCUT2D eigenvalue weighted by Gasteiger charge is -1.91. The zero-order valence-corrected chi connectivity index (χ0v) is 15.4. The first kappa shape index (κ1) is 21.2. The Labute approximate surface area is 165 Å². The van der Waals surface area contributed by atoms with Crippen LogP contribution >= 0.6 is 0 Å². The molecule has 0 amide bonds. The van der Waals surface area contributed by atoms with Crippen LogP contribution in [0.4, 0.5) is 0 Å². The van der Waals surface area contributed by atoms with Gasteiger partial charge in [0.05, 0.1) is 24.8 Å². The minimum Gasteiger partial charge on any atom is -1.00 e. The second-order valence-corrected chi connectivity index (χ2v) is 4.94. The van der Waals surface area contributed by atoms with Gasteiger partial charge in [0.25, 0.3) is 0 Å². The second kappa shape index (κ2) is 11.7. The monoisotopic (exact) mass is 384 g/mol. The van der Waals surface area contributed by atoms with Gasteiger partial charge in [-0.15, -0.1) is 0 Å². The molecule has 0 aromatic carbocycles. The van der Waals surface area contributed by atoms with Crippen LogP contribution in [0.5, 0.6) is 0 Å². The molecule has 0 unspecified atom stereocenters. The van der Waals surface area contributed by atoms with Crippen molar-refractivity contribution in [1.82, 2.24) is 9.97 Å². The van der Waals surface area contributed by atoms with Crippen LogP contribution in [-0.2, 0) is 0 Å². The SMILES string of the molecule is [Cl-].[Cl-].c1cc[n+](-c2ccccn2)cc1.c1cc[n+](-c2ccccn2)cc1. The third-order valence-electron chi connectivity index (χ3n) is 3.26. The van der Waals surface area contributed by atoms with Gasteiger partial charge >= 0.3 is 11.6 Å². The topological polar surface area (TPSA) is 33.5 Å². The Balaban J connectivity index is 0.000000241. The Kier molecular flexibility index (Phi) is 9.54. The minimum absolute atomic E-state index is 0. The normalized spacial score (nSPS) is 8.92. The number of rotatable bonds is 2. The summed E-state index contributed by atoms with van der Waals surface area (Å²) < 4.78 is 3.94. The van der Waals surface area contributed by atoms with Gasteiger partial charge in [0.15, 0.2) is 0 Å². The molecule has 0 saturated carbocycles. The van der Waals surface area contributed by atoms with Gasteiger partial charge in [-0.3, -0.25) is 0 Å². The Hall–Kier alpha value is -2.82. The number of halogens is 2. The summed E-state index contributed by atoms with van der Waals surface area (Å²) in [5, 5.41) is 0. The number of hydrogen-bond donors (Lipinski definition) is 0. The maximum absolute atomic E-state index is 4.21. The van der Waals surface area contributed by atoms with E-state index in [2.05, 4.69) is 9.97 Å². The lowest BCUT2D eigenvalue weighted by atomic mass is 10.4. The molecule has 0 N–H and O–H groups in total. The van der Waals surface area contributed by atoms with Crippen LogP contribution in [0.25, 0.3) is 11.6 Å². The molecule has 4 heterocycles. The van der Waals surface area contributed by atoms with Crippen molar-refractivity contribution in [2.45, 2.75) is 0 Å². The summed E-state index contributed by atoms with van der Waals surface area (Å²) in [7, 11) is 0. The molecule has 0 aliphatic heterocycles. The minimum atomic E-state index is 0. The van der Waals surface area contributed by atoms with E-state index >= 15 is 0 Å². The van der Waals surface area contributed by atoms with Gasteiger partial charge < -0.3 is 24.8 Å². The van der Waals surface area contributed by atoms with Gasteiger partial charge in [0.2, 0.25) is 0 Å². The van der Waals surface area contributed by atoms with Crippen LogP contribution in [-0.4, -0.2) is 9.97 Å². The lowest BCUT2D eigenvalue weighted by molar-refractivity contribution is -0.599. The average Bonchev–Trinajstić information content (AvgIpc) is 2.71. The van der Waals surface area contributed by atoms with Crippen LogP contribution in [0.15, 0.2) is 110 Å². The zero-order valence-electron chi connectivity index (χ0n) is 13.9. The van der Waals surface area contributed by atoms with Crippen molar-refractivity contribution >= 4 is 0 Å². The molecule has 132 valence electrons. The first-order chi connectivity index (χ1) is 11.9. The van der Waals surface area contributed by atoms with Crippen LogP contribution in [0.2, 0.25) is 0 Å². The van der Waals surface area contributed by atoms with E-state index in [4.69, 9.17) is 0 Å². The number of pyridine rings is 4. The molecule has 0 fully saturated rings. The van der Waals surface area contributed by atoms with Crippen molar-refractivity contribution in [3.8, 4) is 11.6 Å². The average molecular weight is 385 g/mol. The summed E-state index contributed by atoms with van der Waals surface area (Å²) in [6.45, 7) is 0. The summed E-state index contributed by atoms with van der Waals surface area (Å²) in [5.41, 5.74) is 0. The van der Waals surface area contributed by atoms with Crippen LogP contribution < -0.4 is 33.9 Å². The Morgan fingerprint density at radius 1 is 0.462 bits per heavy atom. The molecule has 0 bridgehead atoms. The molecule has 0 saturated heterocycles. The van der Waals surface area contributed by atoms with Crippen molar-refractivity contribution < 1.29 is 33.9 Å². The lowest BCUT2D eigenvalue weighted by Crippen LogP contribution is -3.00. The number of aromatic nitrogens is 4. The molecule has 0 spiro atoms. The van der Waals surface area contributed by atoms with Crippen molar-refractivity contribution in [3.63, 3.8) is 0 Å². The van der Waals surface area contributed by atoms with E-state index in [1.165, 1.54) is 0 Å². The summed E-state index contributed by atoms with van der Waals surface area (Å²) >= 11 is 0. The van der Waals surface area contributed by atoms with Gasteiger partial charge in [-0.2, -0.15) is 0 Å². The smallest absolute Gasteiger partial charge is 0.327 e. The molecule has 0 aliphatic carbocycles. The fourth-order valence-corrected chi connectivity index (χ4v) is 2.12. The standard InChI is InChI=1S/2C10H9N2.2ClH/c2*1-4-8-12(9-5-1)10-6-2-3-7-11-10;;/h2*1-9H;2*1H/q2*+1;;/p-2. The van der Waals surface area contributed by atoms with Gasteiger partial charge in [-0.05, 0) is 46.4 Å². The van der Waals surface area contributed by atoms with Crippen LogP contribution in [0.1, 0.15) is 0 Å². The molecular formula is C20H18Cl2N4. The summed E-state index contributed by atoms with van der Waals surface area (Å²) in [6.07, 6.45) is 11.5. The van der Waals surface area contributed by atoms with E-state index < -0.39 is 0 Å². The molecule has 4 nitrogen and oxygen atoms in total. The predicted octanol–water partition coefficient (Wildman–Crippen LogP) is -3.28. The quantitative estimate of drug-likeness (QED) is 0.340. The Morgan fingerprint density at radius 3 is 1.15 bits per heavy atom. The van der Waals surface area contributed by atoms with Crippen molar-refractivity contribution in [1.29, 1.82) is 0 Å². The molecule has 6 heteroatoms. The largest absolute Gasteiger partial charge is 1.00 e. The maximum atomic E-state index is 4.21. The van der Waals surface area contributed by atoms with Gasteiger partial charge in [0, 0.05) is 12.1 Å². The fourth-order valence-electron chi connectivity index (χ4n) is 2.12. The fraction of sp³-hybridized carbons (Fsp3) is 0. The summed E-state index contributed by atoms with van der Waals surface area (Å²) in [4.78, 5) is 8.42. The third kappa shape index (κ3) is 6.24. The Bertz CT molecular complexity index is 696. The van der Waals surface area contributed by atoms with E-state index in [1.807, 2.05) is 107 Å². The number of hydrogen-bond acceptors (Lipinski definition) is 2. The van der Waals surface area contributed by atoms with E-state index in [1.54, 1.807) is 12.4 Å². The molecule has 4 aromatic heterocycles. The van der Waals surface area contributed by atoms with E-state index in [9.17, 15) is 0 Å². The highest BCUT2D eigenvalue weighted by molar-refractivity contribution is 5.10. The maximum Gasteiger partial charge on any atom is 0.327 e. The van der Waals surface area contributed by atoms with Gasteiger partial charge in [0.1, 0.15) is 12.4 Å². The van der Waals surface area contributed by atoms with Gasteiger partial charge in [-0.1, -0.05) is 24.3 Å². The summed E-state index contributed by atoms with van der Waals surface area (Å²) in [6, 6.07) is 23.6. The zero-order chi connectivity index (χ0) is 16.5. The molecular weight excluding hydrogens is 367 g/mol. The highest BCUT2D eigenvalue weighted by Gasteiger charge is 2.02. The molecule has 4 rings (SSSR count). The molecule has 0 atom stereocenters. The van der Waals surface area contributed by atoms with Crippen molar-refractivity contribution in [3.05, 3.63) is 110 Å². The molecule has 0 radical (unpaired) electrons. The van der Waals surface area contributed by atoms with E-state index in [-0.39, 0.29) is 24.8 Å². The summed E-state index contributed by atoms with van der Waals surface area (Å²) in [5.74, 6) is 1.89. The highest BCUT2D eigenvalue weighted by atomic mass is 35.5. The first-order valence-corrected chi connectivity index (χ1v) is 7.69.